The van der Waals surface area contributed by atoms with Crippen molar-refractivity contribution in [2.45, 2.75) is 26.4 Å². The lowest BCUT2D eigenvalue weighted by Crippen LogP contribution is -2.36. The Hall–Kier alpha value is -1.06. The van der Waals surface area contributed by atoms with Crippen LogP contribution < -0.4 is 4.74 Å². The minimum absolute atomic E-state index is 0.0897. The normalized spacial score (nSPS) is 14.7. The van der Waals surface area contributed by atoms with E-state index in [0.29, 0.717) is 0 Å². The fourth-order valence-electron chi connectivity index (χ4n) is 1.30. The predicted molar refractivity (Wildman–Crippen MR) is 59.1 cm³/mol. The van der Waals surface area contributed by atoms with Gasteiger partial charge >= 0.3 is 0 Å². The molecule has 0 amide bonds. The molecular formula is C12H18O3. The topological polar surface area (TPSA) is 49.7 Å². The summed E-state index contributed by atoms with van der Waals surface area (Å²) in [6.07, 6.45) is 0. The van der Waals surface area contributed by atoms with E-state index in [1.807, 2.05) is 26.0 Å². The highest BCUT2D eigenvalue weighted by atomic mass is 16.5. The maximum Gasteiger partial charge on any atom is 0.119 e. The average molecular weight is 210 g/mol. The van der Waals surface area contributed by atoms with Crippen LogP contribution >= 0.6 is 0 Å². The van der Waals surface area contributed by atoms with E-state index in [1.165, 1.54) is 6.92 Å². The van der Waals surface area contributed by atoms with Gasteiger partial charge in [0.05, 0.1) is 6.61 Å². The van der Waals surface area contributed by atoms with Crippen LogP contribution in [0.25, 0.3) is 0 Å². The number of hydrogen-bond donors (Lipinski definition) is 2. The molecule has 1 aromatic rings. The maximum absolute atomic E-state index is 9.55. The lowest BCUT2D eigenvalue weighted by atomic mass is 10.1. The van der Waals surface area contributed by atoms with E-state index in [0.717, 1.165) is 16.9 Å². The van der Waals surface area contributed by atoms with E-state index >= 15 is 0 Å². The molecule has 1 rings (SSSR count). The Morgan fingerprint density at radius 3 is 2.20 bits per heavy atom. The zero-order valence-corrected chi connectivity index (χ0v) is 9.45. The molecule has 0 bridgehead atoms. The first kappa shape index (κ1) is 12.0. The maximum atomic E-state index is 9.55. The van der Waals surface area contributed by atoms with E-state index in [1.54, 1.807) is 0 Å². The lowest BCUT2D eigenvalue weighted by molar-refractivity contribution is -0.0325. The molecule has 1 atom stereocenters. The third-order valence-corrected chi connectivity index (χ3v) is 2.09. The van der Waals surface area contributed by atoms with Gasteiger partial charge in [0.25, 0.3) is 0 Å². The van der Waals surface area contributed by atoms with Gasteiger partial charge in [-0.25, -0.2) is 0 Å². The molecule has 3 heteroatoms. The van der Waals surface area contributed by atoms with Gasteiger partial charge in [0.1, 0.15) is 18.0 Å². The molecule has 0 radical (unpaired) electrons. The monoisotopic (exact) mass is 210 g/mol. The molecule has 0 fully saturated rings. The fraction of sp³-hybridized carbons (Fsp3) is 0.500. The summed E-state index contributed by atoms with van der Waals surface area (Å²) in [5, 5.41) is 18.4. The van der Waals surface area contributed by atoms with Crippen LogP contribution in [0.15, 0.2) is 18.2 Å². The van der Waals surface area contributed by atoms with Crippen molar-refractivity contribution in [2.75, 3.05) is 13.2 Å². The van der Waals surface area contributed by atoms with Gasteiger partial charge in [0.2, 0.25) is 0 Å². The van der Waals surface area contributed by atoms with Crippen molar-refractivity contribution in [3.8, 4) is 5.75 Å². The van der Waals surface area contributed by atoms with Crippen LogP contribution in [-0.4, -0.2) is 29.0 Å². The van der Waals surface area contributed by atoms with Gasteiger partial charge in [-0.05, 0) is 44.0 Å². The molecule has 0 aliphatic carbocycles. The summed E-state index contributed by atoms with van der Waals surface area (Å²) >= 11 is 0. The van der Waals surface area contributed by atoms with Crippen molar-refractivity contribution in [3.05, 3.63) is 29.3 Å². The highest BCUT2D eigenvalue weighted by molar-refractivity contribution is 5.33. The average Bonchev–Trinajstić information content (AvgIpc) is 2.14. The zero-order valence-electron chi connectivity index (χ0n) is 9.45. The summed E-state index contributed by atoms with van der Waals surface area (Å²) in [7, 11) is 0. The van der Waals surface area contributed by atoms with Crippen LogP contribution in [0.5, 0.6) is 5.75 Å². The Kier molecular flexibility index (Phi) is 3.72. The summed E-state index contributed by atoms with van der Waals surface area (Å²) in [5.74, 6) is 0.723. The van der Waals surface area contributed by atoms with Crippen molar-refractivity contribution < 1.29 is 14.9 Å². The van der Waals surface area contributed by atoms with Crippen LogP contribution in [-0.2, 0) is 0 Å². The molecule has 0 heterocycles. The standard InChI is InChI=1S/C12H18O3/c1-9-4-10(2)6-11(5-9)15-8-12(3,14)7-13/h4-6,13-14H,7-8H2,1-3H3. The Bertz CT molecular complexity index is 311. The Morgan fingerprint density at radius 2 is 1.73 bits per heavy atom. The van der Waals surface area contributed by atoms with E-state index in [2.05, 4.69) is 6.07 Å². The second kappa shape index (κ2) is 4.64. The van der Waals surface area contributed by atoms with Gasteiger partial charge in [-0.2, -0.15) is 0 Å². The first-order valence-electron chi connectivity index (χ1n) is 4.97. The largest absolute Gasteiger partial charge is 0.490 e. The molecule has 0 saturated heterocycles. The summed E-state index contributed by atoms with van der Waals surface area (Å²) in [6, 6.07) is 5.86. The van der Waals surface area contributed by atoms with Gasteiger partial charge < -0.3 is 14.9 Å². The summed E-state index contributed by atoms with van der Waals surface area (Å²) in [4.78, 5) is 0. The SMILES string of the molecule is Cc1cc(C)cc(OCC(C)(O)CO)c1. The van der Waals surface area contributed by atoms with Crippen LogP contribution in [0.1, 0.15) is 18.1 Å². The number of rotatable bonds is 4. The number of benzene rings is 1. The van der Waals surface area contributed by atoms with E-state index in [9.17, 15) is 5.11 Å². The number of aryl methyl sites for hydroxylation is 2. The van der Waals surface area contributed by atoms with Gasteiger partial charge in [-0.1, -0.05) is 6.07 Å². The van der Waals surface area contributed by atoms with Crippen LogP contribution in [0, 0.1) is 13.8 Å². The third kappa shape index (κ3) is 3.90. The molecule has 0 aromatic heterocycles. The Balaban J connectivity index is 2.65. The number of aliphatic hydroxyl groups excluding tert-OH is 1. The van der Waals surface area contributed by atoms with Crippen LogP contribution in [0.2, 0.25) is 0 Å². The molecular weight excluding hydrogens is 192 g/mol. The summed E-state index contributed by atoms with van der Waals surface area (Å²) < 4.78 is 5.41. The fourth-order valence-corrected chi connectivity index (χ4v) is 1.30. The van der Waals surface area contributed by atoms with Gasteiger partial charge in [-0.15, -0.1) is 0 Å². The molecule has 1 aromatic carbocycles. The van der Waals surface area contributed by atoms with E-state index in [4.69, 9.17) is 9.84 Å². The molecule has 84 valence electrons. The molecule has 15 heavy (non-hydrogen) atoms. The van der Waals surface area contributed by atoms with Crippen molar-refractivity contribution in [2.24, 2.45) is 0 Å². The van der Waals surface area contributed by atoms with Crippen molar-refractivity contribution in [3.63, 3.8) is 0 Å². The molecule has 0 saturated carbocycles. The second-order valence-electron chi connectivity index (χ2n) is 4.27. The van der Waals surface area contributed by atoms with Gasteiger partial charge in [0.15, 0.2) is 0 Å². The lowest BCUT2D eigenvalue weighted by Gasteiger charge is -2.20. The van der Waals surface area contributed by atoms with Crippen LogP contribution in [0.4, 0.5) is 0 Å². The number of aliphatic hydroxyl groups is 2. The second-order valence-corrected chi connectivity index (χ2v) is 4.27. The number of hydrogen-bond acceptors (Lipinski definition) is 3. The van der Waals surface area contributed by atoms with Crippen molar-refractivity contribution in [1.82, 2.24) is 0 Å². The predicted octanol–water partition coefficient (Wildman–Crippen LogP) is 1.43. The third-order valence-electron chi connectivity index (χ3n) is 2.09. The molecule has 0 aliphatic heterocycles. The summed E-state index contributed by atoms with van der Waals surface area (Å²) in [6.45, 7) is 5.30. The Morgan fingerprint density at radius 1 is 1.20 bits per heavy atom. The Labute approximate surface area is 90.3 Å². The molecule has 0 aliphatic rings. The minimum Gasteiger partial charge on any atom is -0.490 e. The molecule has 1 unspecified atom stereocenters. The zero-order chi connectivity index (χ0) is 11.5. The van der Waals surface area contributed by atoms with E-state index < -0.39 is 5.60 Å². The van der Waals surface area contributed by atoms with Crippen LogP contribution in [0.3, 0.4) is 0 Å². The van der Waals surface area contributed by atoms with Crippen molar-refractivity contribution >= 4 is 0 Å². The molecule has 2 N–H and O–H groups in total. The highest BCUT2D eigenvalue weighted by Crippen LogP contribution is 2.17. The molecule has 0 spiro atoms. The van der Waals surface area contributed by atoms with E-state index in [-0.39, 0.29) is 13.2 Å². The first-order valence-corrected chi connectivity index (χ1v) is 4.97. The number of ether oxygens (including phenoxy) is 1. The molecule has 3 nitrogen and oxygen atoms in total. The van der Waals surface area contributed by atoms with Gasteiger partial charge in [0, 0.05) is 0 Å². The summed E-state index contributed by atoms with van der Waals surface area (Å²) in [5.41, 5.74) is 1.06. The highest BCUT2D eigenvalue weighted by Gasteiger charge is 2.19. The smallest absolute Gasteiger partial charge is 0.119 e. The minimum atomic E-state index is -1.18. The quantitative estimate of drug-likeness (QED) is 0.790. The first-order chi connectivity index (χ1) is 6.93. The van der Waals surface area contributed by atoms with Crippen molar-refractivity contribution in [1.29, 1.82) is 0 Å². The van der Waals surface area contributed by atoms with Gasteiger partial charge in [-0.3, -0.25) is 0 Å².